The maximum Gasteiger partial charge on any atom is 0.159 e. The highest BCUT2D eigenvalue weighted by atomic mass is 16.5. The van der Waals surface area contributed by atoms with E-state index in [0.29, 0.717) is 31.3 Å². The van der Waals surface area contributed by atoms with Crippen molar-refractivity contribution in [1.29, 1.82) is 5.26 Å². The molecule has 4 rings (SSSR count). The molecule has 1 aromatic heterocycles. The highest BCUT2D eigenvalue weighted by molar-refractivity contribution is 5.61. The van der Waals surface area contributed by atoms with Crippen molar-refractivity contribution in [2.45, 2.75) is 6.61 Å². The first kappa shape index (κ1) is 21.2. The Bertz CT molecular complexity index is 1180. The first-order chi connectivity index (χ1) is 15.8. The van der Waals surface area contributed by atoms with Gasteiger partial charge in [-0.3, -0.25) is 4.57 Å². The molecule has 0 saturated carbocycles. The number of nitrogens with zero attached hydrogens (tertiary/aromatic N) is 3. The number of benzene rings is 3. The molecule has 32 heavy (non-hydrogen) atoms. The van der Waals surface area contributed by atoms with Crippen LogP contribution in [0.25, 0.3) is 17.1 Å². The molecule has 1 heterocycles. The SMILES string of the molecule is COc1ccc(-c2nc(C#N)cn2-c2ccc(OCCOCc3ccccc3)cc2)cc1. The number of aromatic nitrogens is 2. The summed E-state index contributed by atoms with van der Waals surface area (Å²) in [7, 11) is 1.63. The van der Waals surface area contributed by atoms with Crippen molar-refractivity contribution in [3.63, 3.8) is 0 Å². The molecule has 6 heteroatoms. The standard InChI is InChI=1S/C26H23N3O3/c1-30-24-11-7-21(8-12-24)26-28-22(17-27)18-29(26)23-9-13-25(14-10-23)32-16-15-31-19-20-5-3-2-4-6-20/h2-14,18H,15-16,19H2,1H3. The summed E-state index contributed by atoms with van der Waals surface area (Å²) in [5, 5.41) is 9.33. The van der Waals surface area contributed by atoms with Crippen LogP contribution in [0, 0.1) is 11.3 Å². The molecule has 0 atom stereocenters. The van der Waals surface area contributed by atoms with E-state index in [1.54, 1.807) is 13.3 Å². The fourth-order valence-corrected chi connectivity index (χ4v) is 3.26. The molecular weight excluding hydrogens is 402 g/mol. The molecule has 0 amide bonds. The van der Waals surface area contributed by atoms with Crippen molar-refractivity contribution in [3.05, 3.63) is 96.3 Å². The molecule has 0 spiro atoms. The Morgan fingerprint density at radius 2 is 1.59 bits per heavy atom. The molecule has 0 radical (unpaired) electrons. The molecule has 0 aliphatic heterocycles. The molecule has 0 bridgehead atoms. The van der Waals surface area contributed by atoms with E-state index in [-0.39, 0.29) is 0 Å². The van der Waals surface area contributed by atoms with Crippen molar-refractivity contribution in [3.8, 4) is 34.6 Å². The van der Waals surface area contributed by atoms with Gasteiger partial charge < -0.3 is 14.2 Å². The van der Waals surface area contributed by atoms with E-state index in [1.165, 1.54) is 0 Å². The fourth-order valence-electron chi connectivity index (χ4n) is 3.26. The van der Waals surface area contributed by atoms with Crippen LogP contribution in [-0.2, 0) is 11.3 Å². The maximum atomic E-state index is 9.33. The second-order valence-electron chi connectivity index (χ2n) is 7.04. The van der Waals surface area contributed by atoms with Crippen LogP contribution in [0.4, 0.5) is 0 Å². The number of methoxy groups -OCH3 is 1. The van der Waals surface area contributed by atoms with Crippen LogP contribution < -0.4 is 9.47 Å². The molecule has 0 fully saturated rings. The average Bonchev–Trinajstić information content (AvgIpc) is 3.29. The van der Waals surface area contributed by atoms with Gasteiger partial charge in [-0.2, -0.15) is 5.26 Å². The number of hydrogen-bond donors (Lipinski definition) is 0. The smallest absolute Gasteiger partial charge is 0.159 e. The van der Waals surface area contributed by atoms with Crippen LogP contribution in [0.5, 0.6) is 11.5 Å². The number of nitriles is 1. The summed E-state index contributed by atoms with van der Waals surface area (Å²) >= 11 is 0. The van der Waals surface area contributed by atoms with Gasteiger partial charge in [-0.05, 0) is 54.1 Å². The molecule has 160 valence electrons. The quantitative estimate of drug-likeness (QED) is 0.352. The summed E-state index contributed by atoms with van der Waals surface area (Å²) < 4.78 is 18.6. The first-order valence-electron chi connectivity index (χ1n) is 10.3. The fraction of sp³-hybridized carbons (Fsp3) is 0.154. The van der Waals surface area contributed by atoms with Crippen LogP contribution in [0.1, 0.15) is 11.3 Å². The van der Waals surface area contributed by atoms with Gasteiger partial charge in [0.2, 0.25) is 0 Å². The van der Waals surface area contributed by atoms with Crippen LogP contribution in [-0.4, -0.2) is 29.9 Å². The van der Waals surface area contributed by atoms with Crippen LogP contribution in [0.15, 0.2) is 85.1 Å². The lowest BCUT2D eigenvalue weighted by Gasteiger charge is -2.11. The Balaban J connectivity index is 1.40. The normalized spacial score (nSPS) is 10.5. The molecule has 0 N–H and O–H groups in total. The van der Waals surface area contributed by atoms with Crippen molar-refractivity contribution in [2.75, 3.05) is 20.3 Å². The summed E-state index contributed by atoms with van der Waals surface area (Å²) in [6.45, 7) is 1.54. The summed E-state index contributed by atoms with van der Waals surface area (Å²) in [4.78, 5) is 4.46. The lowest BCUT2D eigenvalue weighted by Crippen LogP contribution is -2.06. The van der Waals surface area contributed by atoms with E-state index in [2.05, 4.69) is 11.1 Å². The van der Waals surface area contributed by atoms with Gasteiger partial charge in [0.25, 0.3) is 0 Å². The Labute approximate surface area is 187 Å². The zero-order chi connectivity index (χ0) is 22.2. The largest absolute Gasteiger partial charge is 0.497 e. The molecule has 3 aromatic carbocycles. The van der Waals surface area contributed by atoms with Crippen molar-refractivity contribution < 1.29 is 14.2 Å². The van der Waals surface area contributed by atoms with Crippen LogP contribution >= 0.6 is 0 Å². The summed E-state index contributed by atoms with van der Waals surface area (Å²) in [6, 6.07) is 27.4. The second-order valence-corrected chi connectivity index (χ2v) is 7.04. The van der Waals surface area contributed by atoms with Gasteiger partial charge in [0.1, 0.15) is 30.0 Å². The van der Waals surface area contributed by atoms with Crippen LogP contribution in [0.3, 0.4) is 0 Å². The second kappa shape index (κ2) is 10.3. The molecule has 0 saturated heterocycles. The van der Waals surface area contributed by atoms with E-state index >= 15 is 0 Å². The minimum atomic E-state index is 0.353. The number of ether oxygens (including phenoxy) is 3. The predicted molar refractivity (Wildman–Crippen MR) is 122 cm³/mol. The van der Waals surface area contributed by atoms with Crippen molar-refractivity contribution in [1.82, 2.24) is 9.55 Å². The maximum absolute atomic E-state index is 9.33. The number of hydrogen-bond acceptors (Lipinski definition) is 5. The molecule has 0 aliphatic rings. The van der Waals surface area contributed by atoms with Gasteiger partial charge in [0.05, 0.1) is 20.3 Å². The van der Waals surface area contributed by atoms with Crippen molar-refractivity contribution in [2.24, 2.45) is 0 Å². The van der Waals surface area contributed by atoms with Gasteiger partial charge in [-0.25, -0.2) is 4.98 Å². The van der Waals surface area contributed by atoms with Gasteiger partial charge >= 0.3 is 0 Å². The van der Waals surface area contributed by atoms with Crippen LogP contribution in [0.2, 0.25) is 0 Å². The monoisotopic (exact) mass is 425 g/mol. The summed E-state index contributed by atoms with van der Waals surface area (Å²) in [5.74, 6) is 2.21. The lowest BCUT2D eigenvalue weighted by molar-refractivity contribution is 0.0889. The Morgan fingerprint density at radius 3 is 2.28 bits per heavy atom. The van der Waals surface area contributed by atoms with E-state index in [0.717, 1.165) is 28.3 Å². The van der Waals surface area contributed by atoms with E-state index in [4.69, 9.17) is 14.2 Å². The third-order valence-corrected chi connectivity index (χ3v) is 4.89. The zero-order valence-electron chi connectivity index (χ0n) is 17.8. The minimum Gasteiger partial charge on any atom is -0.497 e. The summed E-state index contributed by atoms with van der Waals surface area (Å²) in [6.07, 6.45) is 1.73. The molecule has 0 aliphatic carbocycles. The highest BCUT2D eigenvalue weighted by Gasteiger charge is 2.12. The first-order valence-corrected chi connectivity index (χ1v) is 10.3. The Kier molecular flexibility index (Phi) is 6.81. The highest BCUT2D eigenvalue weighted by Crippen LogP contribution is 2.26. The third kappa shape index (κ3) is 5.15. The van der Waals surface area contributed by atoms with Gasteiger partial charge in [0.15, 0.2) is 5.69 Å². The van der Waals surface area contributed by atoms with E-state index < -0.39 is 0 Å². The molecule has 4 aromatic rings. The Hall–Kier alpha value is -4.08. The lowest BCUT2D eigenvalue weighted by atomic mass is 10.2. The van der Waals surface area contributed by atoms with Gasteiger partial charge in [-0.1, -0.05) is 30.3 Å². The zero-order valence-corrected chi connectivity index (χ0v) is 17.8. The molecule has 6 nitrogen and oxygen atoms in total. The average molecular weight is 425 g/mol. The molecule has 0 unspecified atom stereocenters. The van der Waals surface area contributed by atoms with E-state index in [1.807, 2.05) is 83.4 Å². The molecular formula is C26H23N3O3. The predicted octanol–water partition coefficient (Wildman–Crippen LogP) is 5.02. The number of imidazole rings is 1. The number of rotatable bonds is 9. The van der Waals surface area contributed by atoms with Gasteiger partial charge in [-0.15, -0.1) is 0 Å². The summed E-state index contributed by atoms with van der Waals surface area (Å²) in [5.41, 5.74) is 3.27. The van der Waals surface area contributed by atoms with Crippen molar-refractivity contribution >= 4 is 0 Å². The Morgan fingerprint density at radius 1 is 0.875 bits per heavy atom. The van der Waals surface area contributed by atoms with Gasteiger partial charge in [0, 0.05) is 17.4 Å². The minimum absolute atomic E-state index is 0.353. The third-order valence-electron chi connectivity index (χ3n) is 4.89. The van der Waals surface area contributed by atoms with E-state index in [9.17, 15) is 5.26 Å². The topological polar surface area (TPSA) is 69.3 Å².